The van der Waals surface area contributed by atoms with Crippen molar-refractivity contribution in [1.82, 2.24) is 9.78 Å². The van der Waals surface area contributed by atoms with Crippen LogP contribution in [-0.2, 0) is 13.1 Å². The van der Waals surface area contributed by atoms with Crippen molar-refractivity contribution in [1.29, 1.82) is 0 Å². The highest BCUT2D eigenvalue weighted by molar-refractivity contribution is 6.30. The van der Waals surface area contributed by atoms with Gasteiger partial charge in [0.25, 0.3) is 0 Å². The minimum absolute atomic E-state index is 0.251. The predicted molar refractivity (Wildman–Crippen MR) is 110 cm³/mol. The molecule has 5 heteroatoms. The number of fused-ring (bicyclic) bond motifs is 1. The number of anilines is 1. The van der Waals surface area contributed by atoms with E-state index in [0.29, 0.717) is 23.7 Å². The summed E-state index contributed by atoms with van der Waals surface area (Å²) in [6.45, 7) is 1.39. The average Bonchev–Trinajstić information content (AvgIpc) is 3.28. The number of para-hydroxylation sites is 1. The van der Waals surface area contributed by atoms with Gasteiger partial charge in [0.1, 0.15) is 5.82 Å². The highest BCUT2D eigenvalue weighted by Crippen LogP contribution is 2.37. The van der Waals surface area contributed by atoms with E-state index in [0.717, 1.165) is 28.3 Å². The van der Waals surface area contributed by atoms with E-state index in [2.05, 4.69) is 17.0 Å². The third kappa shape index (κ3) is 2.86. The average molecular weight is 390 g/mol. The third-order valence-electron chi connectivity index (χ3n) is 5.08. The fraction of sp³-hybridized carbons (Fsp3) is 0.0870. The van der Waals surface area contributed by atoms with Crippen LogP contribution >= 0.6 is 11.6 Å². The zero-order valence-electron chi connectivity index (χ0n) is 15.0. The maximum absolute atomic E-state index is 14.7. The first-order valence-electron chi connectivity index (χ1n) is 9.12. The van der Waals surface area contributed by atoms with Crippen LogP contribution in [0.4, 0.5) is 10.1 Å². The van der Waals surface area contributed by atoms with Gasteiger partial charge in [-0.15, -0.1) is 0 Å². The summed E-state index contributed by atoms with van der Waals surface area (Å²) < 4.78 is 16.6. The van der Waals surface area contributed by atoms with Crippen LogP contribution in [0.3, 0.4) is 0 Å². The Morgan fingerprint density at radius 3 is 2.25 bits per heavy atom. The quantitative estimate of drug-likeness (QED) is 0.438. The van der Waals surface area contributed by atoms with Crippen LogP contribution in [0.2, 0.25) is 5.02 Å². The standard InChI is InChI=1S/C23H17ClFN3/c24-16-10-12-18(13-11-16)28-23(19-8-4-5-9-21(19)25)20-14-27(15-22(20)26-28)17-6-2-1-3-7-17/h1-13H,14-15H2. The van der Waals surface area contributed by atoms with Gasteiger partial charge in [-0.05, 0) is 48.5 Å². The fourth-order valence-corrected chi connectivity index (χ4v) is 3.86. The van der Waals surface area contributed by atoms with Crippen molar-refractivity contribution in [2.75, 3.05) is 4.90 Å². The number of hydrogen-bond donors (Lipinski definition) is 0. The molecule has 138 valence electrons. The summed E-state index contributed by atoms with van der Waals surface area (Å²) in [6, 6.07) is 24.5. The number of halogens is 2. The normalized spacial score (nSPS) is 13.0. The first-order valence-corrected chi connectivity index (χ1v) is 9.50. The molecule has 0 bridgehead atoms. The molecule has 0 N–H and O–H groups in total. The number of rotatable bonds is 3. The van der Waals surface area contributed by atoms with Crippen molar-refractivity contribution >= 4 is 17.3 Å². The second-order valence-electron chi connectivity index (χ2n) is 6.83. The van der Waals surface area contributed by atoms with Crippen molar-refractivity contribution in [3.05, 3.63) is 101 Å². The lowest BCUT2D eigenvalue weighted by atomic mass is 10.1. The molecule has 0 unspecified atom stereocenters. The van der Waals surface area contributed by atoms with E-state index in [-0.39, 0.29) is 5.82 Å². The monoisotopic (exact) mass is 389 g/mol. The molecule has 1 aliphatic heterocycles. The van der Waals surface area contributed by atoms with Crippen LogP contribution in [0.15, 0.2) is 78.9 Å². The van der Waals surface area contributed by atoms with Crippen molar-refractivity contribution in [3.8, 4) is 16.9 Å². The van der Waals surface area contributed by atoms with Crippen LogP contribution in [-0.4, -0.2) is 9.78 Å². The molecule has 5 rings (SSSR count). The van der Waals surface area contributed by atoms with Crippen molar-refractivity contribution in [2.24, 2.45) is 0 Å². The van der Waals surface area contributed by atoms with Gasteiger partial charge in [0.2, 0.25) is 0 Å². The third-order valence-corrected chi connectivity index (χ3v) is 5.33. The molecule has 1 aromatic heterocycles. The number of benzene rings is 3. The maximum atomic E-state index is 14.7. The molecule has 1 aliphatic rings. The molecule has 2 heterocycles. The van der Waals surface area contributed by atoms with E-state index in [1.165, 1.54) is 6.07 Å². The second-order valence-corrected chi connectivity index (χ2v) is 7.27. The van der Waals surface area contributed by atoms with Gasteiger partial charge < -0.3 is 4.90 Å². The molecule has 3 nitrogen and oxygen atoms in total. The van der Waals surface area contributed by atoms with Gasteiger partial charge in [-0.25, -0.2) is 9.07 Å². The Hall–Kier alpha value is -3.11. The van der Waals surface area contributed by atoms with Crippen LogP contribution in [0.1, 0.15) is 11.3 Å². The Bertz CT molecular complexity index is 1140. The van der Waals surface area contributed by atoms with Gasteiger partial charge in [0.05, 0.1) is 23.6 Å². The topological polar surface area (TPSA) is 21.1 Å². The van der Waals surface area contributed by atoms with Crippen molar-refractivity contribution < 1.29 is 4.39 Å². The largest absolute Gasteiger partial charge is 0.361 e. The molecule has 0 saturated carbocycles. The summed E-state index contributed by atoms with van der Waals surface area (Å²) in [4.78, 5) is 2.26. The van der Waals surface area contributed by atoms with Gasteiger partial charge in [-0.2, -0.15) is 5.10 Å². The minimum atomic E-state index is -0.251. The van der Waals surface area contributed by atoms with Gasteiger partial charge >= 0.3 is 0 Å². The van der Waals surface area contributed by atoms with Crippen molar-refractivity contribution in [2.45, 2.75) is 13.1 Å². The number of hydrogen-bond acceptors (Lipinski definition) is 2. The number of nitrogens with zero attached hydrogens (tertiary/aromatic N) is 3. The lowest BCUT2D eigenvalue weighted by molar-refractivity contribution is 0.629. The van der Waals surface area contributed by atoms with E-state index < -0.39 is 0 Å². The number of aromatic nitrogens is 2. The highest BCUT2D eigenvalue weighted by atomic mass is 35.5. The van der Waals surface area contributed by atoms with E-state index in [1.807, 2.05) is 59.3 Å². The van der Waals surface area contributed by atoms with Gasteiger partial charge in [0.15, 0.2) is 0 Å². The Labute approximate surface area is 167 Å². The summed E-state index contributed by atoms with van der Waals surface area (Å²) in [5.41, 5.74) is 5.39. The van der Waals surface area contributed by atoms with Crippen LogP contribution in [0.25, 0.3) is 16.9 Å². The molecular weight excluding hydrogens is 373 g/mol. The van der Waals surface area contributed by atoms with E-state index >= 15 is 0 Å². The van der Waals surface area contributed by atoms with Gasteiger partial charge in [-0.1, -0.05) is 41.9 Å². The lowest BCUT2D eigenvalue weighted by Crippen LogP contribution is -2.16. The molecular formula is C23H17ClFN3. The second kappa shape index (κ2) is 6.80. The zero-order valence-corrected chi connectivity index (χ0v) is 15.8. The molecule has 0 fully saturated rings. The van der Waals surface area contributed by atoms with E-state index in [4.69, 9.17) is 16.7 Å². The molecule has 0 saturated heterocycles. The molecule has 28 heavy (non-hydrogen) atoms. The molecule has 0 atom stereocenters. The Morgan fingerprint density at radius 1 is 0.786 bits per heavy atom. The molecule has 3 aromatic carbocycles. The molecule has 0 aliphatic carbocycles. The minimum Gasteiger partial charge on any atom is -0.361 e. The van der Waals surface area contributed by atoms with Crippen LogP contribution < -0.4 is 4.90 Å². The Kier molecular flexibility index (Phi) is 4.14. The van der Waals surface area contributed by atoms with Gasteiger partial charge in [-0.3, -0.25) is 0 Å². The molecule has 4 aromatic rings. The Balaban J connectivity index is 1.65. The molecule has 0 amide bonds. The zero-order chi connectivity index (χ0) is 19.1. The summed E-state index contributed by atoms with van der Waals surface area (Å²) in [5, 5.41) is 5.51. The Morgan fingerprint density at radius 2 is 1.50 bits per heavy atom. The fourth-order valence-electron chi connectivity index (χ4n) is 3.74. The first-order chi connectivity index (χ1) is 13.7. The summed E-state index contributed by atoms with van der Waals surface area (Å²) in [5.74, 6) is -0.251. The molecule has 0 spiro atoms. The van der Waals surface area contributed by atoms with Crippen LogP contribution in [0, 0.1) is 5.82 Å². The SMILES string of the molecule is Fc1ccccc1-c1c2c(nn1-c1ccc(Cl)cc1)CN(c1ccccc1)C2. The maximum Gasteiger partial charge on any atom is 0.132 e. The smallest absolute Gasteiger partial charge is 0.132 e. The molecule has 0 radical (unpaired) electrons. The predicted octanol–water partition coefficient (Wildman–Crippen LogP) is 5.85. The summed E-state index contributed by atoms with van der Waals surface area (Å²) in [6.07, 6.45) is 0. The lowest BCUT2D eigenvalue weighted by Gasteiger charge is -2.19. The van der Waals surface area contributed by atoms with E-state index in [9.17, 15) is 4.39 Å². The first kappa shape index (κ1) is 17.0. The van der Waals surface area contributed by atoms with E-state index in [1.54, 1.807) is 6.07 Å². The van der Waals surface area contributed by atoms with Gasteiger partial charge in [0, 0.05) is 28.4 Å². The summed E-state index contributed by atoms with van der Waals surface area (Å²) >= 11 is 6.05. The van der Waals surface area contributed by atoms with Crippen LogP contribution in [0.5, 0.6) is 0 Å². The van der Waals surface area contributed by atoms with Crippen molar-refractivity contribution in [3.63, 3.8) is 0 Å². The highest BCUT2D eigenvalue weighted by Gasteiger charge is 2.29. The summed E-state index contributed by atoms with van der Waals surface area (Å²) in [7, 11) is 0.